The molecule has 10 nitrogen and oxygen atoms in total. The largest absolute Gasteiger partial charge is 0.457 e. The molecule has 0 aromatic heterocycles. The molecule has 46 heavy (non-hydrogen) atoms. The summed E-state index contributed by atoms with van der Waals surface area (Å²) in [6.07, 6.45) is 8.47. The Labute approximate surface area is 271 Å². The van der Waals surface area contributed by atoms with Gasteiger partial charge < -0.3 is 29.9 Å². The van der Waals surface area contributed by atoms with Crippen LogP contribution in [0.15, 0.2) is 66.7 Å². The standard InChI is InChI=1S/C36H45N5O5/c1-2-39-19-21-40(22-20-39)23-24-41-32(34(43)38-25-9-5-3-6-10-25)36-18-17-29(46-36)30(31(36)35(41)44)33(42)37-26-13-15-28(16-14-26)45-27-11-7-4-8-12-27/h4,7-8,11-18,25,29-32H,2-3,5-6,9-10,19-24H2,1H3,(H,37,42)(H,38,43)/t29-,30?,31-,32?,36?/m1/s1. The number of amides is 3. The van der Waals surface area contributed by atoms with Crippen molar-refractivity contribution in [2.75, 3.05) is 51.1 Å². The van der Waals surface area contributed by atoms with Crippen LogP contribution >= 0.6 is 0 Å². The van der Waals surface area contributed by atoms with Gasteiger partial charge in [0.25, 0.3) is 0 Å². The number of carbonyl (C=O) groups is 3. The van der Waals surface area contributed by atoms with Gasteiger partial charge in [-0.2, -0.15) is 0 Å². The van der Waals surface area contributed by atoms with Crippen molar-refractivity contribution in [2.24, 2.45) is 11.8 Å². The summed E-state index contributed by atoms with van der Waals surface area (Å²) in [5, 5.41) is 6.30. The number of para-hydroxylation sites is 1. The first-order valence-electron chi connectivity index (χ1n) is 17.0. The summed E-state index contributed by atoms with van der Waals surface area (Å²) in [4.78, 5) is 48.8. The fraction of sp³-hybridized carbons (Fsp3) is 0.528. The van der Waals surface area contributed by atoms with Crippen LogP contribution in [0.2, 0.25) is 0 Å². The van der Waals surface area contributed by atoms with E-state index in [4.69, 9.17) is 9.47 Å². The van der Waals surface area contributed by atoms with Crippen molar-refractivity contribution in [2.45, 2.75) is 62.8 Å². The van der Waals surface area contributed by atoms with Crippen LogP contribution in [0.1, 0.15) is 39.0 Å². The Morgan fingerprint density at radius 2 is 1.59 bits per heavy atom. The van der Waals surface area contributed by atoms with E-state index in [1.54, 1.807) is 29.2 Å². The monoisotopic (exact) mass is 627 g/mol. The maximum atomic E-state index is 14.3. The average molecular weight is 628 g/mol. The van der Waals surface area contributed by atoms with Crippen LogP contribution in [0.25, 0.3) is 0 Å². The van der Waals surface area contributed by atoms with Crippen LogP contribution in [0.5, 0.6) is 11.5 Å². The number of carbonyl (C=O) groups excluding carboxylic acids is 3. The molecular formula is C36H45N5O5. The zero-order valence-corrected chi connectivity index (χ0v) is 26.6. The summed E-state index contributed by atoms with van der Waals surface area (Å²) >= 11 is 0. The van der Waals surface area contributed by atoms with E-state index >= 15 is 0 Å². The average Bonchev–Trinajstić information content (AvgIpc) is 3.73. The van der Waals surface area contributed by atoms with E-state index in [-0.39, 0.29) is 23.8 Å². The lowest BCUT2D eigenvalue weighted by atomic mass is 9.74. The molecule has 4 fully saturated rings. The van der Waals surface area contributed by atoms with Gasteiger partial charge in [-0.3, -0.25) is 19.3 Å². The Kier molecular flexibility index (Phi) is 8.85. The number of fused-ring (bicyclic) bond motifs is 1. The number of anilines is 1. The second-order valence-electron chi connectivity index (χ2n) is 13.3. The van der Waals surface area contributed by atoms with Gasteiger partial charge in [0, 0.05) is 51.0 Å². The topological polar surface area (TPSA) is 103 Å². The van der Waals surface area contributed by atoms with Crippen molar-refractivity contribution < 1.29 is 23.9 Å². The Balaban J connectivity index is 1.08. The lowest BCUT2D eigenvalue weighted by Crippen LogP contribution is -2.57. The van der Waals surface area contributed by atoms with Crippen molar-refractivity contribution in [3.05, 3.63) is 66.7 Å². The molecular weight excluding hydrogens is 582 g/mol. The number of likely N-dealkylation sites (N-methyl/N-ethyl adjacent to an activating group) is 1. The van der Waals surface area contributed by atoms with E-state index < -0.39 is 29.6 Å². The van der Waals surface area contributed by atoms with Crippen LogP contribution in [0.4, 0.5) is 5.69 Å². The Hall–Kier alpha value is -3.73. The first-order valence-corrected chi connectivity index (χ1v) is 17.0. The molecule has 2 N–H and O–H groups in total. The number of hydrogen-bond donors (Lipinski definition) is 2. The Morgan fingerprint density at radius 1 is 0.891 bits per heavy atom. The molecule has 244 valence electrons. The number of ether oxygens (including phenoxy) is 2. The molecule has 2 aromatic rings. The summed E-state index contributed by atoms with van der Waals surface area (Å²) in [6, 6.07) is 16.0. The van der Waals surface area contributed by atoms with Gasteiger partial charge in [0.2, 0.25) is 17.7 Å². The number of benzene rings is 2. The first kappa shape index (κ1) is 30.9. The molecule has 3 amide bonds. The number of rotatable bonds is 10. The SMILES string of the molecule is CCN1CCN(CCN2C(=O)[C@H]3C(C(=O)Nc4ccc(Oc5ccccc5)cc4)[C@H]4C=CC3(O4)C2C(=O)NC2CCCCC2)CC1. The predicted octanol–water partition coefficient (Wildman–Crippen LogP) is 3.65. The highest BCUT2D eigenvalue weighted by Crippen LogP contribution is 2.55. The number of nitrogens with one attached hydrogen (secondary N) is 2. The number of nitrogens with zero attached hydrogens (tertiary/aromatic N) is 3. The molecule has 2 bridgehead atoms. The van der Waals surface area contributed by atoms with Gasteiger partial charge in [-0.25, -0.2) is 0 Å². The first-order chi connectivity index (χ1) is 22.4. The molecule has 4 heterocycles. The van der Waals surface area contributed by atoms with Crippen LogP contribution in [0.3, 0.4) is 0 Å². The second-order valence-corrected chi connectivity index (χ2v) is 13.3. The highest BCUT2D eigenvalue weighted by atomic mass is 16.5. The zero-order chi connectivity index (χ0) is 31.7. The molecule has 5 atom stereocenters. The molecule has 0 radical (unpaired) electrons. The third kappa shape index (κ3) is 5.94. The number of likely N-dealkylation sites (tertiary alicyclic amines) is 1. The van der Waals surface area contributed by atoms with Crippen molar-refractivity contribution in [1.29, 1.82) is 0 Å². The minimum Gasteiger partial charge on any atom is -0.457 e. The van der Waals surface area contributed by atoms with E-state index in [2.05, 4.69) is 27.4 Å². The summed E-state index contributed by atoms with van der Waals surface area (Å²) in [6.45, 7) is 8.17. The molecule has 1 aliphatic carbocycles. The fourth-order valence-corrected chi connectivity index (χ4v) is 8.07. The van der Waals surface area contributed by atoms with Gasteiger partial charge in [0.1, 0.15) is 23.1 Å². The minimum absolute atomic E-state index is 0.103. The maximum Gasteiger partial charge on any atom is 0.246 e. The molecule has 10 heteroatoms. The lowest BCUT2D eigenvalue weighted by Gasteiger charge is -2.37. The van der Waals surface area contributed by atoms with Crippen molar-refractivity contribution >= 4 is 23.4 Å². The third-order valence-electron chi connectivity index (χ3n) is 10.5. The van der Waals surface area contributed by atoms with Gasteiger partial charge in [-0.1, -0.05) is 56.5 Å². The third-order valence-corrected chi connectivity index (χ3v) is 10.5. The predicted molar refractivity (Wildman–Crippen MR) is 174 cm³/mol. The molecule has 3 saturated heterocycles. The van der Waals surface area contributed by atoms with Gasteiger partial charge in [0.15, 0.2) is 0 Å². The smallest absolute Gasteiger partial charge is 0.246 e. The molecule has 7 rings (SSSR count). The Morgan fingerprint density at radius 3 is 2.30 bits per heavy atom. The van der Waals surface area contributed by atoms with Gasteiger partial charge >= 0.3 is 0 Å². The van der Waals surface area contributed by atoms with E-state index in [1.165, 1.54) is 6.42 Å². The minimum atomic E-state index is -1.16. The molecule has 5 aliphatic rings. The van der Waals surface area contributed by atoms with Crippen molar-refractivity contribution in [1.82, 2.24) is 20.0 Å². The molecule has 4 aliphatic heterocycles. The van der Waals surface area contributed by atoms with E-state index in [0.717, 1.165) is 64.2 Å². The summed E-state index contributed by atoms with van der Waals surface area (Å²) in [5.41, 5.74) is -0.553. The molecule has 1 spiro atoms. The lowest BCUT2D eigenvalue weighted by molar-refractivity contribution is -0.141. The van der Waals surface area contributed by atoms with E-state index in [1.807, 2.05) is 42.5 Å². The normalized spacial score (nSPS) is 29.6. The van der Waals surface area contributed by atoms with Crippen LogP contribution < -0.4 is 15.4 Å². The maximum absolute atomic E-state index is 14.3. The van der Waals surface area contributed by atoms with E-state index in [0.29, 0.717) is 24.5 Å². The summed E-state index contributed by atoms with van der Waals surface area (Å²) < 4.78 is 12.4. The Bertz CT molecular complexity index is 1440. The quantitative estimate of drug-likeness (QED) is 0.388. The second kappa shape index (κ2) is 13.2. The number of hydrogen-bond acceptors (Lipinski definition) is 7. The summed E-state index contributed by atoms with van der Waals surface area (Å²) in [5.74, 6) is -0.740. The van der Waals surface area contributed by atoms with Gasteiger partial charge in [-0.15, -0.1) is 0 Å². The zero-order valence-electron chi connectivity index (χ0n) is 26.6. The van der Waals surface area contributed by atoms with Crippen LogP contribution in [0, 0.1) is 11.8 Å². The van der Waals surface area contributed by atoms with Gasteiger partial charge in [0.05, 0.1) is 17.9 Å². The van der Waals surface area contributed by atoms with Gasteiger partial charge in [-0.05, 0) is 55.8 Å². The van der Waals surface area contributed by atoms with Crippen molar-refractivity contribution in [3.8, 4) is 11.5 Å². The van der Waals surface area contributed by atoms with Crippen LogP contribution in [-0.2, 0) is 19.1 Å². The molecule has 3 unspecified atom stereocenters. The highest BCUT2D eigenvalue weighted by Gasteiger charge is 2.72. The molecule has 1 saturated carbocycles. The molecule has 2 aromatic carbocycles. The summed E-state index contributed by atoms with van der Waals surface area (Å²) in [7, 11) is 0. The highest BCUT2D eigenvalue weighted by molar-refractivity contribution is 6.02. The van der Waals surface area contributed by atoms with Crippen molar-refractivity contribution in [3.63, 3.8) is 0 Å². The van der Waals surface area contributed by atoms with Crippen LogP contribution in [-0.4, -0.2) is 102 Å². The van der Waals surface area contributed by atoms with E-state index in [9.17, 15) is 14.4 Å². The number of piperazine rings is 1. The fourth-order valence-electron chi connectivity index (χ4n) is 8.07.